The summed E-state index contributed by atoms with van der Waals surface area (Å²) in [5.41, 5.74) is -0.625. The van der Waals surface area contributed by atoms with Crippen LogP contribution < -0.4 is 5.14 Å². The second kappa shape index (κ2) is 3.70. The van der Waals surface area contributed by atoms with Gasteiger partial charge in [0.2, 0.25) is 0 Å². The SMILES string of the molecule is NS(=O)(=O)C(F)(F)c1ccc(I)cc1. The lowest BCUT2D eigenvalue weighted by Crippen LogP contribution is -2.32. The van der Waals surface area contributed by atoms with Crippen molar-refractivity contribution in [2.24, 2.45) is 5.14 Å². The highest BCUT2D eigenvalue weighted by Crippen LogP contribution is 2.32. The number of rotatable bonds is 2. The largest absolute Gasteiger partial charge is 0.384 e. The van der Waals surface area contributed by atoms with Gasteiger partial charge in [-0.25, -0.2) is 13.6 Å². The van der Waals surface area contributed by atoms with E-state index < -0.39 is 20.8 Å². The maximum absolute atomic E-state index is 13.1. The fourth-order valence-electron chi connectivity index (χ4n) is 0.808. The Morgan fingerprint density at radius 3 is 2.00 bits per heavy atom. The second-order valence-electron chi connectivity index (χ2n) is 2.57. The molecule has 14 heavy (non-hydrogen) atoms. The van der Waals surface area contributed by atoms with Gasteiger partial charge in [-0.05, 0) is 34.7 Å². The van der Waals surface area contributed by atoms with Gasteiger partial charge in [-0.1, -0.05) is 12.1 Å². The quantitative estimate of drug-likeness (QED) is 0.837. The van der Waals surface area contributed by atoms with Crippen LogP contribution in [0.4, 0.5) is 8.78 Å². The molecule has 1 aromatic rings. The minimum atomic E-state index is -4.90. The normalized spacial score (nSPS) is 12.9. The van der Waals surface area contributed by atoms with E-state index in [0.717, 1.165) is 15.7 Å². The van der Waals surface area contributed by atoms with E-state index in [4.69, 9.17) is 0 Å². The Morgan fingerprint density at radius 1 is 1.21 bits per heavy atom. The summed E-state index contributed by atoms with van der Waals surface area (Å²) < 4.78 is 48.0. The molecule has 0 saturated heterocycles. The number of sulfonamides is 1. The zero-order chi connectivity index (χ0) is 11.0. The zero-order valence-corrected chi connectivity index (χ0v) is 9.72. The van der Waals surface area contributed by atoms with Crippen molar-refractivity contribution in [1.82, 2.24) is 0 Å². The van der Waals surface area contributed by atoms with Crippen molar-refractivity contribution in [3.63, 3.8) is 0 Å². The average Bonchev–Trinajstić information content (AvgIpc) is 2.03. The molecule has 1 aromatic carbocycles. The van der Waals surface area contributed by atoms with E-state index in [1.54, 1.807) is 0 Å². The number of hydrogen-bond donors (Lipinski definition) is 1. The maximum atomic E-state index is 13.1. The number of benzene rings is 1. The lowest BCUT2D eigenvalue weighted by Gasteiger charge is -2.13. The van der Waals surface area contributed by atoms with E-state index in [9.17, 15) is 17.2 Å². The Bertz CT molecular complexity index is 430. The molecule has 0 atom stereocenters. The molecule has 7 heteroatoms. The van der Waals surface area contributed by atoms with Crippen LogP contribution in [0.1, 0.15) is 5.56 Å². The van der Waals surface area contributed by atoms with E-state index >= 15 is 0 Å². The van der Waals surface area contributed by atoms with Crippen molar-refractivity contribution >= 4 is 32.6 Å². The molecule has 0 aliphatic carbocycles. The Hall–Kier alpha value is -0.280. The molecular weight excluding hydrogens is 327 g/mol. The highest BCUT2D eigenvalue weighted by Gasteiger charge is 2.44. The number of halogens is 3. The van der Waals surface area contributed by atoms with Crippen molar-refractivity contribution < 1.29 is 17.2 Å². The molecule has 1 rings (SSSR count). The predicted molar refractivity (Wildman–Crippen MR) is 56.2 cm³/mol. The molecule has 0 fully saturated rings. The fraction of sp³-hybridized carbons (Fsp3) is 0.143. The molecule has 0 radical (unpaired) electrons. The van der Waals surface area contributed by atoms with Crippen LogP contribution in [0.2, 0.25) is 0 Å². The molecule has 0 saturated carbocycles. The molecule has 78 valence electrons. The van der Waals surface area contributed by atoms with Crippen LogP contribution in [0.5, 0.6) is 0 Å². The summed E-state index contributed by atoms with van der Waals surface area (Å²) in [5, 5.41) is 0.373. The van der Waals surface area contributed by atoms with Crippen molar-refractivity contribution in [3.8, 4) is 0 Å². The number of hydrogen-bond acceptors (Lipinski definition) is 2. The molecule has 0 unspecified atom stereocenters. The molecule has 3 nitrogen and oxygen atoms in total. The Balaban J connectivity index is 3.24. The Labute approximate surface area is 93.5 Å². The van der Waals surface area contributed by atoms with Gasteiger partial charge in [0, 0.05) is 9.13 Å². The van der Waals surface area contributed by atoms with E-state index in [1.165, 1.54) is 12.1 Å². The Morgan fingerprint density at radius 2 is 1.64 bits per heavy atom. The molecule has 0 amide bonds. The minimum absolute atomic E-state index is 0.625. The average molecular weight is 333 g/mol. The third-order valence-electron chi connectivity index (χ3n) is 1.54. The first-order valence-corrected chi connectivity index (χ1v) is 6.04. The fourth-order valence-corrected chi connectivity index (χ4v) is 1.63. The molecular formula is C7H6F2INO2S. The molecule has 0 aliphatic rings. The van der Waals surface area contributed by atoms with E-state index in [0.29, 0.717) is 0 Å². The first-order valence-electron chi connectivity index (χ1n) is 3.41. The van der Waals surface area contributed by atoms with Crippen LogP contribution >= 0.6 is 22.6 Å². The first-order chi connectivity index (χ1) is 6.25. The van der Waals surface area contributed by atoms with Gasteiger partial charge >= 0.3 is 5.25 Å². The van der Waals surface area contributed by atoms with E-state index in [-0.39, 0.29) is 0 Å². The van der Waals surface area contributed by atoms with Gasteiger partial charge < -0.3 is 0 Å². The third kappa shape index (κ3) is 2.20. The van der Waals surface area contributed by atoms with Crippen LogP contribution in [0.15, 0.2) is 24.3 Å². The number of nitrogens with two attached hydrogens (primary N) is 1. The predicted octanol–water partition coefficient (Wildman–Crippen LogP) is 1.63. The molecule has 0 aliphatic heterocycles. The van der Waals surface area contributed by atoms with Gasteiger partial charge in [0.25, 0.3) is 10.0 Å². The number of alkyl halides is 2. The molecule has 2 N–H and O–H groups in total. The van der Waals surface area contributed by atoms with Crippen molar-refractivity contribution in [2.75, 3.05) is 0 Å². The summed E-state index contributed by atoms with van der Waals surface area (Å²) in [6.07, 6.45) is 0. The van der Waals surface area contributed by atoms with Gasteiger partial charge in [0.05, 0.1) is 0 Å². The van der Waals surface area contributed by atoms with Crippen LogP contribution in [0.3, 0.4) is 0 Å². The van der Waals surface area contributed by atoms with Crippen molar-refractivity contribution in [1.29, 1.82) is 0 Å². The molecule has 0 heterocycles. The maximum Gasteiger partial charge on any atom is 0.384 e. The monoisotopic (exact) mass is 333 g/mol. The smallest absolute Gasteiger partial charge is 0.223 e. The zero-order valence-electron chi connectivity index (χ0n) is 6.75. The summed E-state index contributed by atoms with van der Waals surface area (Å²) in [4.78, 5) is 0. The van der Waals surface area contributed by atoms with E-state index in [2.05, 4.69) is 5.14 Å². The van der Waals surface area contributed by atoms with Gasteiger partial charge in [0.15, 0.2) is 0 Å². The third-order valence-corrected chi connectivity index (χ3v) is 3.21. The van der Waals surface area contributed by atoms with Crippen molar-refractivity contribution in [2.45, 2.75) is 5.25 Å². The van der Waals surface area contributed by atoms with Gasteiger partial charge in [-0.3, -0.25) is 0 Å². The summed E-state index contributed by atoms with van der Waals surface area (Å²) >= 11 is 1.92. The van der Waals surface area contributed by atoms with Crippen LogP contribution in [-0.2, 0) is 15.3 Å². The van der Waals surface area contributed by atoms with Crippen LogP contribution in [0.25, 0.3) is 0 Å². The van der Waals surface area contributed by atoms with Crippen LogP contribution in [0, 0.1) is 3.57 Å². The summed E-state index contributed by atoms with van der Waals surface area (Å²) in [7, 11) is -4.90. The molecule has 0 aromatic heterocycles. The summed E-state index contributed by atoms with van der Waals surface area (Å²) in [5.74, 6) is 0. The minimum Gasteiger partial charge on any atom is -0.223 e. The molecule has 0 bridgehead atoms. The summed E-state index contributed by atoms with van der Waals surface area (Å²) in [6.45, 7) is 0. The van der Waals surface area contributed by atoms with Gasteiger partial charge in [-0.2, -0.15) is 8.78 Å². The topological polar surface area (TPSA) is 60.2 Å². The summed E-state index contributed by atoms with van der Waals surface area (Å²) in [6, 6.07) is 4.84. The Kier molecular flexibility index (Phi) is 3.12. The second-order valence-corrected chi connectivity index (χ2v) is 5.42. The number of primary sulfonamides is 1. The van der Waals surface area contributed by atoms with E-state index in [1.807, 2.05) is 22.6 Å². The lowest BCUT2D eigenvalue weighted by molar-refractivity contribution is 0.0906. The van der Waals surface area contributed by atoms with Gasteiger partial charge in [-0.15, -0.1) is 0 Å². The van der Waals surface area contributed by atoms with Crippen LogP contribution in [-0.4, -0.2) is 8.42 Å². The first kappa shape index (κ1) is 11.8. The standard InChI is InChI=1S/C7H6F2INO2S/c8-7(9,14(11,12)13)5-1-3-6(10)4-2-5/h1-4H,(H2,11,12,13). The highest BCUT2D eigenvalue weighted by molar-refractivity contribution is 14.1. The highest BCUT2D eigenvalue weighted by atomic mass is 127. The van der Waals surface area contributed by atoms with Gasteiger partial charge in [0.1, 0.15) is 0 Å². The lowest BCUT2D eigenvalue weighted by atomic mass is 10.2. The molecule has 0 spiro atoms. The van der Waals surface area contributed by atoms with Crippen molar-refractivity contribution in [3.05, 3.63) is 33.4 Å².